The van der Waals surface area contributed by atoms with E-state index < -0.39 is 0 Å². The van der Waals surface area contributed by atoms with E-state index >= 15 is 0 Å². The Bertz CT molecular complexity index is 1550. The molecule has 9 heteroatoms. The summed E-state index contributed by atoms with van der Waals surface area (Å²) in [5.41, 5.74) is 4.49. The number of aliphatic hydroxyl groups is 1. The minimum absolute atomic E-state index is 0.0557. The number of aromatic amines is 1. The highest BCUT2D eigenvalue weighted by Gasteiger charge is 2.37. The van der Waals surface area contributed by atoms with Crippen molar-refractivity contribution in [1.29, 1.82) is 0 Å². The van der Waals surface area contributed by atoms with Crippen LogP contribution in [0.4, 0.5) is 17.2 Å². The van der Waals surface area contributed by atoms with Gasteiger partial charge in [0.15, 0.2) is 12.1 Å². The van der Waals surface area contributed by atoms with E-state index in [1.165, 1.54) is 0 Å². The van der Waals surface area contributed by atoms with Crippen LogP contribution in [0.3, 0.4) is 0 Å². The highest BCUT2D eigenvalue weighted by molar-refractivity contribution is 5.94. The molecule has 1 fully saturated rings. The van der Waals surface area contributed by atoms with Gasteiger partial charge in [0.25, 0.3) is 0 Å². The number of aliphatic hydroxyl groups excluding tert-OH is 1. The van der Waals surface area contributed by atoms with Gasteiger partial charge in [-0.15, -0.1) is 0 Å². The van der Waals surface area contributed by atoms with Crippen LogP contribution in [0.15, 0.2) is 66.9 Å². The molecule has 0 radical (unpaired) electrons. The van der Waals surface area contributed by atoms with Crippen LogP contribution in [0.2, 0.25) is 0 Å². The first-order valence-corrected chi connectivity index (χ1v) is 12.5. The summed E-state index contributed by atoms with van der Waals surface area (Å²) in [6.45, 7) is 2.32. The third-order valence-corrected chi connectivity index (χ3v) is 6.32. The van der Waals surface area contributed by atoms with Crippen molar-refractivity contribution in [2.75, 3.05) is 23.8 Å². The summed E-state index contributed by atoms with van der Waals surface area (Å²) < 4.78 is 11.4. The van der Waals surface area contributed by atoms with E-state index in [1.807, 2.05) is 60.7 Å². The number of hydrogen-bond donors (Lipinski definition) is 4. The summed E-state index contributed by atoms with van der Waals surface area (Å²) in [4.78, 5) is 9.79. The van der Waals surface area contributed by atoms with Gasteiger partial charge in [0, 0.05) is 27.7 Å². The summed E-state index contributed by atoms with van der Waals surface area (Å²) in [6, 6.07) is 19.7. The van der Waals surface area contributed by atoms with E-state index in [1.54, 1.807) is 6.20 Å². The first-order valence-electron chi connectivity index (χ1n) is 12.5. The average molecular weight is 497 g/mol. The van der Waals surface area contributed by atoms with Crippen LogP contribution >= 0.6 is 0 Å². The Morgan fingerprint density at radius 2 is 2.00 bits per heavy atom. The Labute approximate surface area is 213 Å². The average Bonchev–Trinajstić information content (AvgIpc) is 3.46. The fraction of sp³-hybridized carbons (Fsp3) is 0.250. The second kappa shape index (κ2) is 10.0. The molecule has 6 rings (SSSR count). The van der Waals surface area contributed by atoms with Gasteiger partial charge < -0.3 is 25.2 Å². The SMILES string of the molecule is CCCC1OC1Nc1cccc(-c2nc(Nc3ccc4[nH]ncc4c3)c3cc(OCCO)ccc3n2)c1. The van der Waals surface area contributed by atoms with Gasteiger partial charge in [-0.2, -0.15) is 5.10 Å². The van der Waals surface area contributed by atoms with Crippen molar-refractivity contribution in [1.82, 2.24) is 20.2 Å². The number of hydrogen-bond acceptors (Lipinski definition) is 8. The van der Waals surface area contributed by atoms with Crippen molar-refractivity contribution < 1.29 is 14.6 Å². The van der Waals surface area contributed by atoms with E-state index in [2.05, 4.69) is 27.8 Å². The third kappa shape index (κ3) is 5.04. The van der Waals surface area contributed by atoms with Crippen LogP contribution < -0.4 is 15.4 Å². The molecule has 0 bridgehead atoms. The Kier molecular flexibility index (Phi) is 6.30. The molecule has 1 aliphatic rings. The van der Waals surface area contributed by atoms with Crippen LogP contribution in [0.5, 0.6) is 5.75 Å². The number of rotatable bonds is 10. The van der Waals surface area contributed by atoms with Crippen LogP contribution in [-0.2, 0) is 4.74 Å². The largest absolute Gasteiger partial charge is 0.491 e. The molecule has 0 saturated carbocycles. The third-order valence-electron chi connectivity index (χ3n) is 6.32. The van der Waals surface area contributed by atoms with Gasteiger partial charge in [0.05, 0.1) is 23.8 Å². The van der Waals surface area contributed by atoms with Gasteiger partial charge in [-0.1, -0.05) is 25.5 Å². The van der Waals surface area contributed by atoms with Crippen molar-refractivity contribution in [3.63, 3.8) is 0 Å². The number of H-pyrrole nitrogens is 1. The minimum atomic E-state index is -0.0568. The fourth-order valence-electron chi connectivity index (χ4n) is 4.43. The lowest BCUT2D eigenvalue weighted by molar-refractivity contribution is 0.201. The molecule has 3 aromatic carbocycles. The molecule has 1 aliphatic heterocycles. The Morgan fingerprint density at radius 3 is 2.89 bits per heavy atom. The Hall–Kier alpha value is -4.21. The standard InChI is InChI=1S/C28H28N6O3/c1-2-4-25-28(37-25)31-19-6-3-5-17(13-19)26-32-24-10-8-21(36-12-11-35)15-22(24)27(33-26)30-20-7-9-23-18(14-20)16-29-34-23/h3,5-10,13-16,25,28,31,35H,2,4,11-12H2,1H3,(H,29,34)(H,30,32,33). The van der Waals surface area contributed by atoms with E-state index in [-0.39, 0.29) is 25.5 Å². The smallest absolute Gasteiger partial charge is 0.162 e. The van der Waals surface area contributed by atoms with Crippen LogP contribution in [-0.4, -0.2) is 50.8 Å². The van der Waals surface area contributed by atoms with Crippen molar-refractivity contribution >= 4 is 39.0 Å². The van der Waals surface area contributed by atoms with E-state index in [4.69, 9.17) is 24.5 Å². The Morgan fingerprint density at radius 1 is 1.05 bits per heavy atom. The van der Waals surface area contributed by atoms with E-state index in [0.29, 0.717) is 17.4 Å². The number of anilines is 3. The second-order valence-electron chi connectivity index (χ2n) is 9.05. The lowest BCUT2D eigenvalue weighted by atomic mass is 10.1. The maximum Gasteiger partial charge on any atom is 0.162 e. The quantitative estimate of drug-likeness (QED) is 0.194. The molecule has 4 N–H and O–H groups in total. The lowest BCUT2D eigenvalue weighted by Gasteiger charge is -2.13. The van der Waals surface area contributed by atoms with Gasteiger partial charge in [0.2, 0.25) is 0 Å². The first-order chi connectivity index (χ1) is 18.2. The molecule has 0 spiro atoms. The summed E-state index contributed by atoms with van der Waals surface area (Å²) in [6.07, 6.45) is 4.27. The molecule has 2 aromatic heterocycles. The zero-order chi connectivity index (χ0) is 25.2. The van der Waals surface area contributed by atoms with Crippen molar-refractivity contribution in [2.24, 2.45) is 0 Å². The molecule has 3 heterocycles. The van der Waals surface area contributed by atoms with E-state index in [0.717, 1.165) is 51.6 Å². The molecule has 1 saturated heterocycles. The predicted molar refractivity (Wildman–Crippen MR) is 144 cm³/mol. The molecule has 5 aromatic rings. The maximum atomic E-state index is 9.16. The summed E-state index contributed by atoms with van der Waals surface area (Å²) in [5.74, 6) is 1.90. The fourth-order valence-corrected chi connectivity index (χ4v) is 4.43. The zero-order valence-electron chi connectivity index (χ0n) is 20.4. The molecular weight excluding hydrogens is 468 g/mol. The molecule has 0 aliphatic carbocycles. The van der Waals surface area contributed by atoms with E-state index in [9.17, 15) is 0 Å². The zero-order valence-corrected chi connectivity index (χ0v) is 20.4. The van der Waals surface area contributed by atoms with Gasteiger partial charge in [-0.05, 0) is 55.0 Å². The van der Waals surface area contributed by atoms with Crippen molar-refractivity contribution in [3.8, 4) is 17.1 Å². The topological polar surface area (TPSA) is 121 Å². The molecule has 9 nitrogen and oxygen atoms in total. The van der Waals surface area contributed by atoms with Crippen LogP contribution in [0, 0.1) is 0 Å². The number of ether oxygens (including phenoxy) is 2. The minimum Gasteiger partial charge on any atom is -0.491 e. The predicted octanol–water partition coefficient (Wildman–Crippen LogP) is 5.22. The summed E-state index contributed by atoms with van der Waals surface area (Å²) in [5, 5.41) is 25.0. The highest BCUT2D eigenvalue weighted by atomic mass is 16.6. The summed E-state index contributed by atoms with van der Waals surface area (Å²) in [7, 11) is 0. The maximum absolute atomic E-state index is 9.16. The number of epoxide rings is 1. The number of fused-ring (bicyclic) bond motifs is 2. The van der Waals surface area contributed by atoms with Crippen LogP contribution in [0.25, 0.3) is 33.2 Å². The van der Waals surface area contributed by atoms with Gasteiger partial charge in [-0.25, -0.2) is 9.97 Å². The number of nitrogens with one attached hydrogen (secondary N) is 3. The van der Waals surface area contributed by atoms with Crippen molar-refractivity contribution in [3.05, 3.63) is 66.9 Å². The lowest BCUT2D eigenvalue weighted by Crippen LogP contribution is -2.07. The number of nitrogens with zero attached hydrogens (tertiary/aromatic N) is 3. The van der Waals surface area contributed by atoms with Gasteiger partial charge >= 0.3 is 0 Å². The normalized spacial score (nSPS) is 16.7. The number of aromatic nitrogens is 4. The molecular formula is C28H28N6O3. The molecule has 2 unspecified atom stereocenters. The Balaban J connectivity index is 1.37. The first kappa shape index (κ1) is 23.2. The monoisotopic (exact) mass is 496 g/mol. The molecule has 0 amide bonds. The van der Waals surface area contributed by atoms with Gasteiger partial charge in [-0.3, -0.25) is 5.10 Å². The molecule has 188 valence electrons. The van der Waals surface area contributed by atoms with Crippen LogP contribution in [0.1, 0.15) is 19.8 Å². The highest BCUT2D eigenvalue weighted by Crippen LogP contribution is 2.33. The molecule has 37 heavy (non-hydrogen) atoms. The summed E-state index contributed by atoms with van der Waals surface area (Å²) >= 11 is 0. The van der Waals surface area contributed by atoms with Crippen molar-refractivity contribution in [2.45, 2.75) is 32.1 Å². The number of benzene rings is 3. The van der Waals surface area contributed by atoms with Gasteiger partial charge in [0.1, 0.15) is 24.3 Å². The molecule has 2 atom stereocenters. The second-order valence-corrected chi connectivity index (χ2v) is 9.05.